The van der Waals surface area contributed by atoms with Gasteiger partial charge in [-0.25, -0.2) is 4.79 Å². The molecule has 0 fully saturated rings. The molecule has 12 heteroatoms. The van der Waals surface area contributed by atoms with Crippen molar-refractivity contribution in [3.05, 3.63) is 35.4 Å². The summed E-state index contributed by atoms with van der Waals surface area (Å²) in [5.74, 6) is -3.07. The molecule has 0 spiro atoms. The van der Waals surface area contributed by atoms with E-state index in [0.717, 1.165) is 24.3 Å². The van der Waals surface area contributed by atoms with Gasteiger partial charge in [0.1, 0.15) is 6.04 Å². The molecule has 2 rings (SSSR count). The van der Waals surface area contributed by atoms with Crippen molar-refractivity contribution >= 4 is 11.9 Å². The first kappa shape index (κ1) is 18.7. The molecule has 25 heavy (non-hydrogen) atoms. The summed E-state index contributed by atoms with van der Waals surface area (Å²) in [6.45, 7) is 0. The second kappa shape index (κ2) is 6.01. The molecule has 1 unspecified atom stereocenters. The maximum absolute atomic E-state index is 12.8. The standard InChI is InChI=1S/C13H9F6N3O3/c14-11(15,16)5-8(10(24)25)20-9(23)6-1-3-7(4-2-6)12(21-22-12)13(17,18)19/h1-4,8H,5H2,(H,20,23)(H,24,25). The molecule has 136 valence electrons. The van der Waals surface area contributed by atoms with E-state index in [1.165, 1.54) is 0 Å². The zero-order chi connectivity index (χ0) is 19.0. The Morgan fingerprint density at radius 2 is 1.60 bits per heavy atom. The third-order valence-electron chi connectivity index (χ3n) is 3.28. The van der Waals surface area contributed by atoms with Crippen LogP contribution in [-0.4, -0.2) is 35.4 Å². The lowest BCUT2D eigenvalue weighted by Gasteiger charge is -2.17. The van der Waals surface area contributed by atoms with Crippen LogP contribution in [0.4, 0.5) is 26.3 Å². The first-order chi connectivity index (χ1) is 11.4. The van der Waals surface area contributed by atoms with Crippen molar-refractivity contribution < 1.29 is 41.0 Å². The molecule has 0 aromatic heterocycles. The Morgan fingerprint density at radius 1 is 1.08 bits per heavy atom. The van der Waals surface area contributed by atoms with E-state index in [4.69, 9.17) is 5.11 Å². The number of carbonyl (C=O) groups is 2. The smallest absolute Gasteiger partial charge is 0.442 e. The van der Waals surface area contributed by atoms with Crippen molar-refractivity contribution in [2.45, 2.75) is 30.5 Å². The Balaban J connectivity index is 2.12. The van der Waals surface area contributed by atoms with Gasteiger partial charge in [0.05, 0.1) is 6.42 Å². The van der Waals surface area contributed by atoms with Crippen LogP contribution < -0.4 is 5.32 Å². The predicted octanol–water partition coefficient (Wildman–Crippen LogP) is 3.00. The predicted molar refractivity (Wildman–Crippen MR) is 68.6 cm³/mol. The molecule has 1 aromatic carbocycles. The summed E-state index contributed by atoms with van der Waals surface area (Å²) in [5.41, 5.74) is -3.38. The lowest BCUT2D eigenvalue weighted by molar-refractivity contribution is -0.166. The molecule has 0 saturated carbocycles. The summed E-state index contributed by atoms with van der Waals surface area (Å²) in [6.07, 6.45) is -11.4. The largest absolute Gasteiger partial charge is 0.480 e. The molecule has 1 aliphatic rings. The fraction of sp³-hybridized carbons (Fsp3) is 0.385. The summed E-state index contributed by atoms with van der Waals surface area (Å²) >= 11 is 0. The summed E-state index contributed by atoms with van der Waals surface area (Å²) in [6, 6.07) is 1.38. The number of hydrogen-bond donors (Lipinski definition) is 2. The van der Waals surface area contributed by atoms with Crippen molar-refractivity contribution in [2.75, 3.05) is 0 Å². The van der Waals surface area contributed by atoms with Gasteiger partial charge in [-0.05, 0) is 12.1 Å². The van der Waals surface area contributed by atoms with E-state index in [2.05, 4.69) is 10.2 Å². The maximum atomic E-state index is 12.8. The molecule has 1 atom stereocenters. The minimum absolute atomic E-state index is 0.310. The first-order valence-electron chi connectivity index (χ1n) is 6.57. The number of halogens is 6. The van der Waals surface area contributed by atoms with Crippen molar-refractivity contribution in [3.8, 4) is 0 Å². The third-order valence-corrected chi connectivity index (χ3v) is 3.28. The monoisotopic (exact) mass is 369 g/mol. The number of nitrogens with zero attached hydrogens (tertiary/aromatic N) is 2. The number of rotatable bonds is 5. The molecular weight excluding hydrogens is 360 g/mol. The Bertz CT molecular complexity index is 705. The van der Waals surface area contributed by atoms with E-state index in [-0.39, 0.29) is 11.1 Å². The van der Waals surface area contributed by atoms with Gasteiger partial charge in [0.25, 0.3) is 5.91 Å². The van der Waals surface area contributed by atoms with Crippen LogP contribution in [0.2, 0.25) is 0 Å². The number of hydrogen-bond acceptors (Lipinski definition) is 4. The van der Waals surface area contributed by atoms with Crippen LogP contribution in [-0.2, 0) is 10.5 Å². The average molecular weight is 369 g/mol. The molecule has 1 aromatic rings. The average Bonchev–Trinajstić information content (AvgIpc) is 3.26. The molecule has 1 aliphatic heterocycles. The molecule has 1 amide bonds. The van der Waals surface area contributed by atoms with Crippen molar-refractivity contribution in [3.63, 3.8) is 0 Å². The van der Waals surface area contributed by atoms with Gasteiger partial charge in [0.15, 0.2) is 0 Å². The SMILES string of the molecule is O=C(NC(CC(F)(F)F)C(=O)O)c1ccc(C2(C(F)(F)F)N=N2)cc1. The van der Waals surface area contributed by atoms with Crippen LogP contribution >= 0.6 is 0 Å². The molecule has 2 N–H and O–H groups in total. The van der Waals surface area contributed by atoms with Crippen LogP contribution in [0.25, 0.3) is 0 Å². The van der Waals surface area contributed by atoms with Gasteiger partial charge < -0.3 is 10.4 Å². The summed E-state index contributed by atoms with van der Waals surface area (Å²) in [4.78, 5) is 22.6. The number of carboxylic acids is 1. The van der Waals surface area contributed by atoms with Gasteiger partial charge in [0, 0.05) is 11.1 Å². The van der Waals surface area contributed by atoms with E-state index in [1.54, 1.807) is 5.32 Å². The molecule has 0 saturated heterocycles. The molecule has 1 heterocycles. The highest BCUT2D eigenvalue weighted by Crippen LogP contribution is 2.52. The van der Waals surface area contributed by atoms with Gasteiger partial charge in [-0.15, -0.1) is 10.2 Å². The first-order valence-corrected chi connectivity index (χ1v) is 6.57. The number of nitrogens with one attached hydrogen (secondary N) is 1. The highest BCUT2D eigenvalue weighted by molar-refractivity contribution is 5.96. The lowest BCUT2D eigenvalue weighted by Crippen LogP contribution is -2.43. The summed E-state index contributed by atoms with van der Waals surface area (Å²) in [7, 11) is 0. The number of alkyl halides is 6. The third kappa shape index (κ3) is 4.06. The topological polar surface area (TPSA) is 91.1 Å². The van der Waals surface area contributed by atoms with Crippen LogP contribution in [0.1, 0.15) is 22.3 Å². The van der Waals surface area contributed by atoms with Crippen molar-refractivity contribution in [2.24, 2.45) is 10.2 Å². The number of amides is 1. The molecule has 0 aliphatic carbocycles. The lowest BCUT2D eigenvalue weighted by atomic mass is 10.0. The normalized spacial score (nSPS) is 17.0. The van der Waals surface area contributed by atoms with Crippen molar-refractivity contribution in [1.29, 1.82) is 0 Å². The number of benzene rings is 1. The molecule has 6 nitrogen and oxygen atoms in total. The summed E-state index contributed by atoms with van der Waals surface area (Å²) in [5, 5.41) is 16.3. The Hall–Kier alpha value is -2.66. The van der Waals surface area contributed by atoms with Crippen LogP contribution in [0.3, 0.4) is 0 Å². The fourth-order valence-corrected chi connectivity index (χ4v) is 1.97. The highest BCUT2D eigenvalue weighted by Gasteiger charge is 2.65. The van der Waals surface area contributed by atoms with Crippen LogP contribution in [0.5, 0.6) is 0 Å². The Kier molecular flexibility index (Phi) is 4.49. The minimum atomic E-state index is -4.83. The van der Waals surface area contributed by atoms with Gasteiger partial charge >= 0.3 is 24.0 Å². The zero-order valence-corrected chi connectivity index (χ0v) is 12.0. The quantitative estimate of drug-likeness (QED) is 0.782. The zero-order valence-electron chi connectivity index (χ0n) is 12.0. The van der Waals surface area contributed by atoms with E-state index in [0.29, 0.717) is 0 Å². The fourth-order valence-electron chi connectivity index (χ4n) is 1.97. The van der Waals surface area contributed by atoms with Crippen LogP contribution in [0, 0.1) is 0 Å². The highest BCUT2D eigenvalue weighted by atomic mass is 19.4. The van der Waals surface area contributed by atoms with Gasteiger partial charge in [-0.3, -0.25) is 4.79 Å². The van der Waals surface area contributed by atoms with Gasteiger partial charge in [-0.1, -0.05) is 12.1 Å². The Labute approximate surface area is 135 Å². The number of aliphatic carboxylic acids is 1. The van der Waals surface area contributed by atoms with Gasteiger partial charge in [0.2, 0.25) is 0 Å². The minimum Gasteiger partial charge on any atom is -0.480 e. The molecule has 0 bridgehead atoms. The molecular formula is C13H9F6N3O3. The van der Waals surface area contributed by atoms with E-state index in [1.807, 2.05) is 0 Å². The van der Waals surface area contributed by atoms with E-state index in [9.17, 15) is 35.9 Å². The Morgan fingerprint density at radius 3 is 1.96 bits per heavy atom. The number of carbonyl (C=O) groups excluding carboxylic acids is 1. The maximum Gasteiger partial charge on any atom is 0.442 e. The number of carboxylic acid groups (broad SMARTS) is 1. The second-order valence-electron chi connectivity index (χ2n) is 5.13. The van der Waals surface area contributed by atoms with Gasteiger partial charge in [-0.2, -0.15) is 26.3 Å². The van der Waals surface area contributed by atoms with Crippen LogP contribution in [0.15, 0.2) is 34.5 Å². The van der Waals surface area contributed by atoms with E-state index < -0.39 is 42.4 Å². The summed E-state index contributed by atoms with van der Waals surface area (Å²) < 4.78 is 75.3. The van der Waals surface area contributed by atoms with Crippen molar-refractivity contribution in [1.82, 2.24) is 5.32 Å². The van der Waals surface area contributed by atoms with E-state index >= 15 is 0 Å². The second-order valence-corrected chi connectivity index (χ2v) is 5.13. The molecule has 0 radical (unpaired) electrons.